The van der Waals surface area contributed by atoms with Crippen molar-refractivity contribution in [2.75, 3.05) is 0 Å². The Balaban J connectivity index is 2.62. The van der Waals surface area contributed by atoms with E-state index in [2.05, 4.69) is 16.9 Å². The molecule has 0 unspecified atom stereocenters. The third-order valence-electron chi connectivity index (χ3n) is 1.50. The Morgan fingerprint density at radius 1 is 1.42 bits per heavy atom. The summed E-state index contributed by atoms with van der Waals surface area (Å²) in [5.41, 5.74) is 1.64. The normalized spacial score (nSPS) is 10.0. The Morgan fingerprint density at radius 2 is 2.25 bits per heavy atom. The highest BCUT2D eigenvalue weighted by atomic mass is 16.7. The molecule has 12 heavy (non-hydrogen) atoms. The van der Waals surface area contributed by atoms with Gasteiger partial charge in [-0.05, 0) is 17.3 Å². The second kappa shape index (κ2) is 2.65. The Kier molecular flexibility index (Phi) is 1.51. The molecule has 2 rings (SSSR count). The molecule has 0 radical (unpaired) electrons. The first-order valence-corrected chi connectivity index (χ1v) is 3.50. The highest BCUT2D eigenvalue weighted by Crippen LogP contribution is 2.07. The van der Waals surface area contributed by atoms with Gasteiger partial charge in [-0.15, -0.1) is 5.10 Å². The Morgan fingerprint density at radius 3 is 3.08 bits per heavy atom. The first-order valence-electron chi connectivity index (χ1n) is 3.50. The first kappa shape index (κ1) is 6.84. The van der Waals surface area contributed by atoms with Gasteiger partial charge in [0.05, 0.1) is 0 Å². The fourth-order valence-corrected chi connectivity index (χ4v) is 0.996. The fourth-order valence-electron chi connectivity index (χ4n) is 0.996. The zero-order chi connectivity index (χ0) is 8.39. The minimum atomic E-state index is 0.805. The Bertz CT molecular complexity index is 407. The van der Waals surface area contributed by atoms with Gasteiger partial charge in [-0.1, -0.05) is 23.6 Å². The molecule has 1 heterocycles. The zero-order valence-corrected chi connectivity index (χ0v) is 6.34. The van der Waals surface area contributed by atoms with Crippen LogP contribution in [0.2, 0.25) is 0 Å². The van der Waals surface area contributed by atoms with Crippen molar-refractivity contribution in [1.29, 1.82) is 0 Å². The average Bonchev–Trinajstić information content (AvgIpc) is 2.50. The molecule has 0 amide bonds. The van der Waals surface area contributed by atoms with Crippen LogP contribution in [0, 0.1) is 0 Å². The molecule has 0 atom stereocenters. The molecule has 0 saturated carbocycles. The summed E-state index contributed by atoms with van der Waals surface area (Å²) in [4.78, 5) is 6.29. The second-order valence-electron chi connectivity index (χ2n) is 2.22. The lowest BCUT2D eigenvalue weighted by atomic mass is 10.3. The lowest BCUT2D eigenvalue weighted by Crippen LogP contribution is -2.05. The molecular formula is C8H7N3O. The van der Waals surface area contributed by atoms with Crippen LogP contribution >= 0.6 is 0 Å². The van der Waals surface area contributed by atoms with Gasteiger partial charge in [-0.25, -0.2) is 0 Å². The van der Waals surface area contributed by atoms with Crippen LogP contribution in [0.5, 0.6) is 0 Å². The van der Waals surface area contributed by atoms with Crippen LogP contribution in [0.25, 0.3) is 11.0 Å². The minimum Gasteiger partial charge on any atom is -0.364 e. The van der Waals surface area contributed by atoms with Crippen molar-refractivity contribution in [3.63, 3.8) is 0 Å². The average molecular weight is 161 g/mol. The molecule has 1 aromatic heterocycles. The van der Waals surface area contributed by atoms with Crippen molar-refractivity contribution in [3.8, 4) is 0 Å². The summed E-state index contributed by atoms with van der Waals surface area (Å²) in [6, 6.07) is 7.54. The molecule has 0 saturated heterocycles. The number of para-hydroxylation sites is 1. The van der Waals surface area contributed by atoms with Gasteiger partial charge in [-0.2, -0.15) is 0 Å². The fraction of sp³-hybridized carbons (Fsp3) is 0. The van der Waals surface area contributed by atoms with Gasteiger partial charge in [0.15, 0.2) is 0 Å². The van der Waals surface area contributed by atoms with Gasteiger partial charge in [0.2, 0.25) is 0 Å². The van der Waals surface area contributed by atoms with Crippen LogP contribution in [0.15, 0.2) is 37.1 Å². The van der Waals surface area contributed by atoms with Gasteiger partial charge in [0.1, 0.15) is 17.3 Å². The van der Waals surface area contributed by atoms with Crippen LogP contribution in [0.4, 0.5) is 0 Å². The topological polar surface area (TPSA) is 39.9 Å². The van der Waals surface area contributed by atoms with Crippen LogP contribution in [0.3, 0.4) is 0 Å². The number of nitrogens with zero attached hydrogens (tertiary/aromatic N) is 3. The molecule has 0 N–H and O–H groups in total. The SMILES string of the molecule is C=COn1nnc2ccccc21. The molecule has 0 spiro atoms. The number of hydrogen-bond acceptors (Lipinski definition) is 3. The number of hydrogen-bond donors (Lipinski definition) is 0. The van der Waals surface area contributed by atoms with Crippen LogP contribution in [0.1, 0.15) is 0 Å². The van der Waals surface area contributed by atoms with E-state index >= 15 is 0 Å². The van der Waals surface area contributed by atoms with Crippen molar-refractivity contribution >= 4 is 11.0 Å². The monoisotopic (exact) mass is 161 g/mol. The number of aromatic nitrogens is 3. The van der Waals surface area contributed by atoms with Gasteiger partial charge in [-0.3, -0.25) is 0 Å². The molecule has 0 aliphatic heterocycles. The van der Waals surface area contributed by atoms with E-state index < -0.39 is 0 Å². The molecule has 0 aliphatic rings. The standard InChI is InChI=1S/C8H7N3O/c1-2-12-11-8-6-4-3-5-7(8)9-10-11/h2-6H,1H2. The van der Waals surface area contributed by atoms with Crippen LogP contribution < -0.4 is 4.84 Å². The van der Waals surface area contributed by atoms with E-state index in [-0.39, 0.29) is 0 Å². The summed E-state index contributed by atoms with van der Waals surface area (Å²) in [7, 11) is 0. The largest absolute Gasteiger partial charge is 0.364 e. The molecule has 1 aromatic carbocycles. The molecule has 4 nitrogen and oxygen atoms in total. The number of benzene rings is 1. The lowest BCUT2D eigenvalue weighted by Gasteiger charge is -1.96. The van der Waals surface area contributed by atoms with Gasteiger partial charge in [0, 0.05) is 0 Å². The molecule has 0 fully saturated rings. The molecule has 60 valence electrons. The predicted octanol–water partition coefficient (Wildman–Crippen LogP) is 1.00. The molecule has 0 bridgehead atoms. The Labute approximate surface area is 69.0 Å². The summed E-state index contributed by atoms with van der Waals surface area (Å²) >= 11 is 0. The lowest BCUT2D eigenvalue weighted by molar-refractivity contribution is 0.182. The van der Waals surface area contributed by atoms with Crippen molar-refractivity contribution in [1.82, 2.24) is 15.2 Å². The summed E-state index contributed by atoms with van der Waals surface area (Å²) in [6.45, 7) is 3.43. The van der Waals surface area contributed by atoms with E-state index in [4.69, 9.17) is 4.84 Å². The number of fused-ring (bicyclic) bond motifs is 1. The van der Waals surface area contributed by atoms with Crippen molar-refractivity contribution < 1.29 is 4.84 Å². The summed E-state index contributed by atoms with van der Waals surface area (Å²) in [6.07, 6.45) is 1.31. The van der Waals surface area contributed by atoms with E-state index in [0.717, 1.165) is 11.0 Å². The maximum absolute atomic E-state index is 4.97. The quantitative estimate of drug-likeness (QED) is 0.617. The summed E-state index contributed by atoms with van der Waals surface area (Å²) in [5, 5.41) is 7.64. The van der Waals surface area contributed by atoms with E-state index in [9.17, 15) is 0 Å². The predicted molar refractivity (Wildman–Crippen MR) is 44.3 cm³/mol. The second-order valence-corrected chi connectivity index (χ2v) is 2.22. The van der Waals surface area contributed by atoms with Crippen LogP contribution in [-0.4, -0.2) is 15.2 Å². The summed E-state index contributed by atoms with van der Waals surface area (Å²) < 4.78 is 0. The highest BCUT2D eigenvalue weighted by Gasteiger charge is 2.00. The van der Waals surface area contributed by atoms with Crippen molar-refractivity contribution in [2.45, 2.75) is 0 Å². The first-order chi connectivity index (χ1) is 5.92. The third kappa shape index (κ3) is 0.934. The minimum absolute atomic E-state index is 0.805. The van der Waals surface area contributed by atoms with Crippen LogP contribution in [-0.2, 0) is 0 Å². The zero-order valence-electron chi connectivity index (χ0n) is 6.34. The molecule has 2 aromatic rings. The number of rotatable bonds is 2. The van der Waals surface area contributed by atoms with E-state index in [1.54, 1.807) is 0 Å². The maximum Gasteiger partial charge on any atom is 0.131 e. The molecular weight excluding hydrogens is 154 g/mol. The smallest absolute Gasteiger partial charge is 0.131 e. The van der Waals surface area contributed by atoms with Gasteiger partial charge < -0.3 is 4.84 Å². The Hall–Kier alpha value is -1.84. The van der Waals surface area contributed by atoms with Crippen molar-refractivity contribution in [3.05, 3.63) is 37.1 Å². The van der Waals surface area contributed by atoms with Gasteiger partial charge >= 0.3 is 0 Å². The highest BCUT2D eigenvalue weighted by molar-refractivity contribution is 5.73. The molecule has 0 aliphatic carbocycles. The van der Waals surface area contributed by atoms with E-state index in [1.165, 1.54) is 11.1 Å². The van der Waals surface area contributed by atoms with E-state index in [1.807, 2.05) is 24.3 Å². The van der Waals surface area contributed by atoms with Crippen molar-refractivity contribution in [2.24, 2.45) is 0 Å². The summed E-state index contributed by atoms with van der Waals surface area (Å²) in [5.74, 6) is 0. The maximum atomic E-state index is 4.97. The third-order valence-corrected chi connectivity index (χ3v) is 1.50. The van der Waals surface area contributed by atoms with E-state index in [0.29, 0.717) is 0 Å². The van der Waals surface area contributed by atoms with Gasteiger partial charge in [0.25, 0.3) is 0 Å². The molecule has 4 heteroatoms.